The van der Waals surface area contributed by atoms with Crippen LogP contribution in [-0.4, -0.2) is 5.78 Å². The molecule has 0 unspecified atom stereocenters. The van der Waals surface area contributed by atoms with Crippen molar-refractivity contribution < 1.29 is 9.18 Å². The molecule has 18 heavy (non-hydrogen) atoms. The third-order valence-corrected chi connectivity index (χ3v) is 3.48. The Hall–Kier alpha value is -0.940. The van der Waals surface area contributed by atoms with Crippen molar-refractivity contribution in [3.63, 3.8) is 0 Å². The van der Waals surface area contributed by atoms with Crippen LogP contribution >= 0.6 is 34.2 Å². The molecule has 1 nitrogen and oxygen atoms in total. The number of halogens is 3. The highest BCUT2D eigenvalue weighted by molar-refractivity contribution is 14.1. The Morgan fingerprint density at radius 1 is 1.17 bits per heavy atom. The van der Waals surface area contributed by atoms with Crippen molar-refractivity contribution in [2.24, 2.45) is 0 Å². The smallest absolute Gasteiger partial charge is 0.167 e. The van der Waals surface area contributed by atoms with Crippen LogP contribution in [0, 0.1) is 9.39 Å². The van der Waals surface area contributed by atoms with E-state index in [1.807, 2.05) is 12.1 Å². The number of carbonyl (C=O) groups is 1. The molecule has 0 saturated heterocycles. The van der Waals surface area contributed by atoms with Crippen molar-refractivity contribution in [1.29, 1.82) is 0 Å². The van der Waals surface area contributed by atoms with E-state index in [1.165, 1.54) is 18.2 Å². The Morgan fingerprint density at radius 3 is 2.50 bits per heavy atom. The molecule has 92 valence electrons. The Kier molecular flexibility index (Phi) is 4.35. The van der Waals surface area contributed by atoms with Crippen LogP contribution in [0.1, 0.15) is 15.9 Å². The zero-order valence-electron chi connectivity index (χ0n) is 9.29. The van der Waals surface area contributed by atoms with Gasteiger partial charge in [-0.15, -0.1) is 0 Å². The van der Waals surface area contributed by atoms with Crippen molar-refractivity contribution in [3.8, 4) is 0 Å². The highest BCUT2D eigenvalue weighted by Gasteiger charge is 2.10. The summed E-state index contributed by atoms with van der Waals surface area (Å²) in [7, 11) is 0. The van der Waals surface area contributed by atoms with E-state index < -0.39 is 5.82 Å². The molecule has 0 bridgehead atoms. The first-order valence-corrected chi connectivity index (χ1v) is 6.74. The lowest BCUT2D eigenvalue weighted by Gasteiger charge is -2.04. The summed E-state index contributed by atoms with van der Waals surface area (Å²) in [5.41, 5.74) is 0.904. The second-order valence-corrected chi connectivity index (χ2v) is 5.52. The number of ketones is 1. The van der Waals surface area contributed by atoms with Gasteiger partial charge in [0.05, 0.1) is 0 Å². The summed E-state index contributed by atoms with van der Waals surface area (Å²) in [6, 6.07) is 11.4. The van der Waals surface area contributed by atoms with Crippen LogP contribution in [0.3, 0.4) is 0 Å². The topological polar surface area (TPSA) is 17.1 Å². The molecule has 0 aliphatic heterocycles. The summed E-state index contributed by atoms with van der Waals surface area (Å²) in [6.45, 7) is 0. The molecule has 0 atom stereocenters. The summed E-state index contributed by atoms with van der Waals surface area (Å²) < 4.78 is 14.6. The number of benzene rings is 2. The first-order chi connectivity index (χ1) is 8.56. The molecule has 0 radical (unpaired) electrons. The maximum atomic E-state index is 13.5. The van der Waals surface area contributed by atoms with Crippen LogP contribution in [0.5, 0.6) is 0 Å². The molecule has 0 aromatic heterocycles. The van der Waals surface area contributed by atoms with Gasteiger partial charge in [0.25, 0.3) is 0 Å². The fourth-order valence-electron chi connectivity index (χ4n) is 1.59. The van der Waals surface area contributed by atoms with E-state index in [4.69, 9.17) is 11.6 Å². The molecule has 2 aromatic rings. The van der Waals surface area contributed by atoms with Gasteiger partial charge in [-0.3, -0.25) is 4.79 Å². The molecule has 0 amide bonds. The standard InChI is InChI=1S/C14H9ClFIO/c15-11-3-6-13(16)10(7-11)8-14(18)9-1-4-12(17)5-2-9/h1-7H,8H2. The molecule has 0 spiro atoms. The SMILES string of the molecule is O=C(Cc1cc(Cl)ccc1F)c1ccc(I)cc1. The van der Waals surface area contributed by atoms with Gasteiger partial charge in [0.1, 0.15) is 5.82 Å². The van der Waals surface area contributed by atoms with Crippen LogP contribution in [0.4, 0.5) is 4.39 Å². The molecule has 2 rings (SSSR count). The number of hydrogen-bond donors (Lipinski definition) is 0. The lowest BCUT2D eigenvalue weighted by molar-refractivity contribution is 0.0992. The largest absolute Gasteiger partial charge is 0.294 e. The Bertz CT molecular complexity index is 581. The third kappa shape index (κ3) is 3.29. The van der Waals surface area contributed by atoms with Gasteiger partial charge in [-0.05, 0) is 58.5 Å². The first kappa shape index (κ1) is 13.5. The minimum absolute atomic E-state index is 0.0208. The van der Waals surface area contributed by atoms with Gasteiger partial charge in [0.2, 0.25) is 0 Å². The van der Waals surface area contributed by atoms with E-state index in [1.54, 1.807) is 12.1 Å². The second kappa shape index (κ2) is 5.80. The average molecular weight is 375 g/mol. The quantitative estimate of drug-likeness (QED) is 0.571. The second-order valence-electron chi connectivity index (χ2n) is 3.84. The summed E-state index contributed by atoms with van der Waals surface area (Å²) in [5.74, 6) is -0.522. The van der Waals surface area contributed by atoms with Crippen LogP contribution in [0.25, 0.3) is 0 Å². The Morgan fingerprint density at radius 2 is 1.83 bits per heavy atom. The molecule has 0 fully saturated rings. The number of carbonyl (C=O) groups excluding carboxylic acids is 1. The van der Waals surface area contributed by atoms with E-state index in [0.29, 0.717) is 16.1 Å². The molecular weight excluding hydrogens is 366 g/mol. The van der Waals surface area contributed by atoms with Crippen LogP contribution < -0.4 is 0 Å². The molecule has 0 aliphatic rings. The van der Waals surface area contributed by atoms with Crippen molar-refractivity contribution in [1.82, 2.24) is 0 Å². The Balaban J connectivity index is 2.21. The minimum Gasteiger partial charge on any atom is -0.294 e. The van der Waals surface area contributed by atoms with Gasteiger partial charge in [0, 0.05) is 20.6 Å². The predicted octanol–water partition coefficient (Wildman–Crippen LogP) is 4.51. The van der Waals surface area contributed by atoms with E-state index in [-0.39, 0.29) is 12.2 Å². The van der Waals surface area contributed by atoms with Crippen molar-refractivity contribution in [2.45, 2.75) is 6.42 Å². The van der Waals surface area contributed by atoms with E-state index in [9.17, 15) is 9.18 Å². The first-order valence-electron chi connectivity index (χ1n) is 5.29. The van der Waals surface area contributed by atoms with Gasteiger partial charge in [-0.25, -0.2) is 4.39 Å². The number of hydrogen-bond acceptors (Lipinski definition) is 1. The van der Waals surface area contributed by atoms with Crippen molar-refractivity contribution in [3.05, 3.63) is 68.0 Å². The molecule has 2 aromatic carbocycles. The fourth-order valence-corrected chi connectivity index (χ4v) is 2.14. The summed E-state index contributed by atoms with van der Waals surface area (Å²) in [4.78, 5) is 12.0. The zero-order valence-corrected chi connectivity index (χ0v) is 12.2. The number of Topliss-reactive ketones (excluding diaryl/α,β-unsaturated/α-hetero) is 1. The summed E-state index contributed by atoms with van der Waals surface area (Å²) >= 11 is 7.95. The van der Waals surface area contributed by atoms with Crippen LogP contribution in [-0.2, 0) is 6.42 Å². The zero-order chi connectivity index (χ0) is 13.1. The summed E-state index contributed by atoms with van der Waals surface area (Å²) in [5, 5.41) is 0.432. The van der Waals surface area contributed by atoms with Gasteiger partial charge in [-0.2, -0.15) is 0 Å². The Labute approximate surface area is 123 Å². The molecule has 0 aliphatic carbocycles. The van der Waals surface area contributed by atoms with Crippen molar-refractivity contribution in [2.75, 3.05) is 0 Å². The lowest BCUT2D eigenvalue weighted by Crippen LogP contribution is -2.05. The molecule has 0 N–H and O–H groups in total. The molecule has 0 heterocycles. The lowest BCUT2D eigenvalue weighted by atomic mass is 10.0. The molecule has 4 heteroatoms. The minimum atomic E-state index is -0.404. The van der Waals surface area contributed by atoms with Crippen LogP contribution in [0.15, 0.2) is 42.5 Å². The van der Waals surface area contributed by atoms with E-state index in [2.05, 4.69) is 22.6 Å². The van der Waals surface area contributed by atoms with Gasteiger partial charge < -0.3 is 0 Å². The highest BCUT2D eigenvalue weighted by atomic mass is 127. The van der Waals surface area contributed by atoms with Gasteiger partial charge in [0.15, 0.2) is 5.78 Å². The van der Waals surface area contributed by atoms with Gasteiger partial charge in [-0.1, -0.05) is 23.7 Å². The van der Waals surface area contributed by atoms with Gasteiger partial charge >= 0.3 is 0 Å². The summed E-state index contributed by atoms with van der Waals surface area (Å²) in [6.07, 6.45) is 0.0208. The molecular formula is C14H9ClFIO. The maximum Gasteiger partial charge on any atom is 0.167 e. The van der Waals surface area contributed by atoms with E-state index >= 15 is 0 Å². The third-order valence-electron chi connectivity index (χ3n) is 2.52. The van der Waals surface area contributed by atoms with Crippen molar-refractivity contribution >= 4 is 40.0 Å². The van der Waals surface area contributed by atoms with Crippen LogP contribution in [0.2, 0.25) is 5.02 Å². The highest BCUT2D eigenvalue weighted by Crippen LogP contribution is 2.17. The van der Waals surface area contributed by atoms with E-state index in [0.717, 1.165) is 3.57 Å². The molecule has 0 saturated carbocycles. The predicted molar refractivity (Wildman–Crippen MR) is 78.6 cm³/mol. The fraction of sp³-hybridized carbons (Fsp3) is 0.0714. The normalized spacial score (nSPS) is 10.4. The number of rotatable bonds is 3. The monoisotopic (exact) mass is 374 g/mol. The maximum absolute atomic E-state index is 13.5. The average Bonchev–Trinajstić information content (AvgIpc) is 2.34.